The number of carbonyl (C=O) groups excluding carboxylic acids is 2. The van der Waals surface area contributed by atoms with Gasteiger partial charge in [0.25, 0.3) is 11.5 Å². The van der Waals surface area contributed by atoms with Crippen LogP contribution in [0.25, 0.3) is 0 Å². The molecule has 1 aromatic heterocycles. The summed E-state index contributed by atoms with van der Waals surface area (Å²) < 4.78 is 0. The van der Waals surface area contributed by atoms with E-state index < -0.39 is 11.5 Å². The lowest BCUT2D eigenvalue weighted by Gasteiger charge is -2.17. The summed E-state index contributed by atoms with van der Waals surface area (Å²) in [4.78, 5) is 39.6. The number of hydrogen-bond donors (Lipinski definition) is 2. The average molecular weight is 313 g/mol. The smallest absolute Gasteiger partial charge is 0.260 e. The molecule has 2 N–H and O–H groups in total. The maximum Gasteiger partial charge on any atom is 0.260 e. The predicted octanol–water partition coefficient (Wildman–Crippen LogP) is 1.65. The highest BCUT2D eigenvalue weighted by Crippen LogP contribution is 2.15. The number of aryl methyl sites for hydroxylation is 1. The Morgan fingerprint density at radius 2 is 1.91 bits per heavy atom. The fourth-order valence-electron chi connectivity index (χ4n) is 2.22. The Kier molecular flexibility index (Phi) is 5.30. The van der Waals surface area contributed by atoms with E-state index in [1.54, 1.807) is 6.07 Å². The van der Waals surface area contributed by atoms with Crippen molar-refractivity contribution < 1.29 is 9.59 Å². The summed E-state index contributed by atoms with van der Waals surface area (Å²) in [6, 6.07) is 10.5. The van der Waals surface area contributed by atoms with Crippen LogP contribution in [0.2, 0.25) is 0 Å². The van der Waals surface area contributed by atoms with Crippen LogP contribution < -0.4 is 10.9 Å². The Hall–Kier alpha value is -2.89. The maximum atomic E-state index is 12.2. The van der Waals surface area contributed by atoms with Crippen LogP contribution in [0.4, 0.5) is 5.69 Å². The van der Waals surface area contributed by atoms with E-state index in [0.29, 0.717) is 0 Å². The molecule has 0 saturated carbocycles. The van der Waals surface area contributed by atoms with E-state index in [1.165, 1.54) is 24.2 Å². The fourth-order valence-corrected chi connectivity index (χ4v) is 2.22. The second-order valence-corrected chi connectivity index (χ2v) is 5.13. The number of nitrogens with zero attached hydrogens (tertiary/aromatic N) is 1. The average Bonchev–Trinajstić information content (AvgIpc) is 2.55. The van der Waals surface area contributed by atoms with Crippen LogP contribution in [0.3, 0.4) is 0 Å². The number of rotatable bonds is 5. The summed E-state index contributed by atoms with van der Waals surface area (Å²) in [5, 5.41) is 2.79. The first-order chi connectivity index (χ1) is 11.0. The summed E-state index contributed by atoms with van der Waals surface area (Å²) in [6.07, 6.45) is 2.25. The molecule has 0 bridgehead atoms. The summed E-state index contributed by atoms with van der Waals surface area (Å²) in [5.74, 6) is -0.806. The van der Waals surface area contributed by atoms with E-state index in [0.717, 1.165) is 17.7 Å². The van der Waals surface area contributed by atoms with Gasteiger partial charge >= 0.3 is 0 Å². The largest absolute Gasteiger partial charge is 0.332 e. The van der Waals surface area contributed by atoms with Gasteiger partial charge in [0.2, 0.25) is 5.91 Å². The molecule has 23 heavy (non-hydrogen) atoms. The molecule has 2 amide bonds. The Morgan fingerprint density at radius 3 is 2.61 bits per heavy atom. The molecule has 0 atom stereocenters. The van der Waals surface area contributed by atoms with Crippen molar-refractivity contribution in [1.82, 2.24) is 9.88 Å². The number of pyridine rings is 1. The monoisotopic (exact) mass is 313 g/mol. The molecule has 0 radical (unpaired) electrons. The normalized spacial score (nSPS) is 10.2. The lowest BCUT2D eigenvalue weighted by Crippen LogP contribution is -2.37. The number of nitrogens with one attached hydrogen (secondary N) is 2. The third kappa shape index (κ3) is 4.06. The number of likely N-dealkylation sites (N-methyl/N-ethyl adjacent to an activating group) is 1. The van der Waals surface area contributed by atoms with Crippen LogP contribution in [-0.2, 0) is 11.2 Å². The molecule has 0 aliphatic carbocycles. The second-order valence-electron chi connectivity index (χ2n) is 5.13. The summed E-state index contributed by atoms with van der Waals surface area (Å²) in [7, 11) is 1.49. The van der Waals surface area contributed by atoms with Crippen molar-refractivity contribution in [3.05, 3.63) is 64.1 Å². The lowest BCUT2D eigenvalue weighted by atomic mass is 10.1. The Bertz CT molecular complexity index is 767. The van der Waals surface area contributed by atoms with E-state index in [-0.39, 0.29) is 18.0 Å². The molecule has 1 aromatic carbocycles. The minimum Gasteiger partial charge on any atom is -0.332 e. The number of amides is 2. The Labute approximate surface area is 134 Å². The molecule has 2 rings (SSSR count). The SMILES string of the molecule is CCc1ccccc1NC(=O)CN(C)C(=O)c1ccc[nH]c1=O. The van der Waals surface area contributed by atoms with E-state index in [1.807, 2.05) is 31.2 Å². The number of anilines is 1. The van der Waals surface area contributed by atoms with Crippen LogP contribution in [0, 0.1) is 0 Å². The van der Waals surface area contributed by atoms with Crippen molar-refractivity contribution >= 4 is 17.5 Å². The molecule has 0 aliphatic heterocycles. The molecule has 0 aliphatic rings. The molecule has 6 nitrogen and oxygen atoms in total. The minimum atomic E-state index is -0.495. The number of aromatic amines is 1. The van der Waals surface area contributed by atoms with Gasteiger partial charge in [-0.2, -0.15) is 0 Å². The summed E-state index contributed by atoms with van der Waals surface area (Å²) in [5.41, 5.74) is 1.30. The van der Waals surface area contributed by atoms with Gasteiger partial charge in [0.15, 0.2) is 0 Å². The highest BCUT2D eigenvalue weighted by atomic mass is 16.2. The number of benzene rings is 1. The predicted molar refractivity (Wildman–Crippen MR) is 88.5 cm³/mol. The van der Waals surface area contributed by atoms with Gasteiger partial charge in [0.1, 0.15) is 5.56 Å². The standard InChI is InChI=1S/C17H19N3O3/c1-3-12-7-4-5-9-14(12)19-15(21)11-20(2)17(23)13-8-6-10-18-16(13)22/h4-10H,3,11H2,1-2H3,(H,18,22)(H,19,21). The lowest BCUT2D eigenvalue weighted by molar-refractivity contribution is -0.116. The van der Waals surface area contributed by atoms with Gasteiger partial charge in [0, 0.05) is 18.9 Å². The molecule has 120 valence electrons. The van der Waals surface area contributed by atoms with Crippen molar-refractivity contribution in [1.29, 1.82) is 0 Å². The third-order valence-corrected chi connectivity index (χ3v) is 3.45. The van der Waals surface area contributed by atoms with Crippen molar-refractivity contribution in [3.8, 4) is 0 Å². The van der Waals surface area contributed by atoms with Gasteiger partial charge in [-0.25, -0.2) is 0 Å². The van der Waals surface area contributed by atoms with Gasteiger partial charge < -0.3 is 15.2 Å². The molecular formula is C17H19N3O3. The first-order valence-electron chi connectivity index (χ1n) is 7.34. The van der Waals surface area contributed by atoms with Crippen LogP contribution in [0.1, 0.15) is 22.8 Å². The molecule has 0 unspecified atom stereocenters. The van der Waals surface area contributed by atoms with Gasteiger partial charge in [-0.15, -0.1) is 0 Å². The Balaban J connectivity index is 2.04. The van der Waals surface area contributed by atoms with E-state index in [4.69, 9.17) is 0 Å². The van der Waals surface area contributed by atoms with Crippen LogP contribution >= 0.6 is 0 Å². The van der Waals surface area contributed by atoms with Gasteiger partial charge in [-0.1, -0.05) is 25.1 Å². The van der Waals surface area contributed by atoms with Crippen molar-refractivity contribution in [3.63, 3.8) is 0 Å². The molecule has 0 saturated heterocycles. The van der Waals surface area contributed by atoms with Gasteiger partial charge in [-0.3, -0.25) is 14.4 Å². The maximum absolute atomic E-state index is 12.2. The van der Waals surface area contributed by atoms with E-state index >= 15 is 0 Å². The first kappa shape index (κ1) is 16.5. The molecule has 1 heterocycles. The van der Waals surface area contributed by atoms with Crippen LogP contribution in [0.5, 0.6) is 0 Å². The van der Waals surface area contributed by atoms with Crippen molar-refractivity contribution in [2.24, 2.45) is 0 Å². The molecule has 6 heteroatoms. The van der Waals surface area contributed by atoms with Gasteiger partial charge in [-0.05, 0) is 30.2 Å². The summed E-state index contributed by atoms with van der Waals surface area (Å²) >= 11 is 0. The molecule has 0 spiro atoms. The first-order valence-corrected chi connectivity index (χ1v) is 7.34. The quantitative estimate of drug-likeness (QED) is 0.880. The van der Waals surface area contributed by atoms with Crippen molar-refractivity contribution in [2.75, 3.05) is 18.9 Å². The summed E-state index contributed by atoms with van der Waals surface area (Å²) in [6.45, 7) is 1.87. The highest BCUT2D eigenvalue weighted by molar-refractivity contribution is 5.99. The number of hydrogen-bond acceptors (Lipinski definition) is 3. The molecular weight excluding hydrogens is 294 g/mol. The van der Waals surface area contributed by atoms with E-state index in [2.05, 4.69) is 10.3 Å². The zero-order valence-electron chi connectivity index (χ0n) is 13.1. The zero-order valence-corrected chi connectivity index (χ0v) is 13.1. The van der Waals surface area contributed by atoms with Crippen LogP contribution in [0.15, 0.2) is 47.4 Å². The third-order valence-electron chi connectivity index (χ3n) is 3.45. The topological polar surface area (TPSA) is 82.3 Å². The van der Waals surface area contributed by atoms with E-state index in [9.17, 15) is 14.4 Å². The molecule has 2 aromatic rings. The number of aromatic nitrogens is 1. The number of H-pyrrole nitrogens is 1. The fraction of sp³-hybridized carbons (Fsp3) is 0.235. The number of para-hydroxylation sites is 1. The van der Waals surface area contributed by atoms with Gasteiger partial charge in [0.05, 0.1) is 6.54 Å². The Morgan fingerprint density at radius 1 is 1.17 bits per heavy atom. The molecule has 0 fully saturated rings. The van der Waals surface area contributed by atoms with Crippen molar-refractivity contribution in [2.45, 2.75) is 13.3 Å². The highest BCUT2D eigenvalue weighted by Gasteiger charge is 2.17. The second kappa shape index (κ2) is 7.40. The zero-order chi connectivity index (χ0) is 16.8. The number of carbonyl (C=O) groups is 2. The van der Waals surface area contributed by atoms with Crippen LogP contribution in [-0.4, -0.2) is 35.3 Å². The minimum absolute atomic E-state index is 0.0109.